The second-order valence-electron chi connectivity index (χ2n) is 6.85. The predicted octanol–water partition coefficient (Wildman–Crippen LogP) is 1.42. The van der Waals surface area contributed by atoms with Crippen molar-refractivity contribution in [2.45, 2.75) is 12.5 Å². The lowest BCUT2D eigenvalue weighted by molar-refractivity contribution is 0.102. The molecule has 0 aliphatic carbocycles. The number of rotatable bonds is 5. The number of aromatic nitrogens is 4. The first-order valence-electron chi connectivity index (χ1n) is 9.14. The van der Waals surface area contributed by atoms with Crippen LogP contribution in [0.15, 0.2) is 30.7 Å². The number of benzene rings is 1. The van der Waals surface area contributed by atoms with E-state index in [0.29, 0.717) is 17.5 Å². The maximum Gasteiger partial charge on any atom is 0.275 e. The van der Waals surface area contributed by atoms with E-state index in [1.54, 1.807) is 24.1 Å². The van der Waals surface area contributed by atoms with E-state index >= 15 is 0 Å². The van der Waals surface area contributed by atoms with Crippen molar-refractivity contribution in [1.82, 2.24) is 25.1 Å². The van der Waals surface area contributed by atoms with Crippen LogP contribution in [-0.2, 0) is 7.05 Å². The number of hydrogen-bond donors (Lipinski definition) is 2. The van der Waals surface area contributed by atoms with Gasteiger partial charge in [-0.15, -0.1) is 0 Å². The van der Waals surface area contributed by atoms with Gasteiger partial charge in [0.25, 0.3) is 5.91 Å². The summed E-state index contributed by atoms with van der Waals surface area (Å²) in [5.74, 6) is 0.984. The molecule has 1 saturated heterocycles. The molecule has 1 aromatic carbocycles. The van der Waals surface area contributed by atoms with Crippen molar-refractivity contribution in [3.05, 3.63) is 36.4 Å². The van der Waals surface area contributed by atoms with Crippen molar-refractivity contribution in [1.29, 1.82) is 0 Å². The maximum atomic E-state index is 12.6. The summed E-state index contributed by atoms with van der Waals surface area (Å²) in [7, 11) is 5.37. The Balaban J connectivity index is 1.51. The van der Waals surface area contributed by atoms with Crippen molar-refractivity contribution in [2.75, 3.05) is 37.5 Å². The van der Waals surface area contributed by atoms with Gasteiger partial charge in [-0.25, -0.2) is 9.97 Å². The Kier molecular flexibility index (Phi) is 4.82. The molecule has 0 unspecified atom stereocenters. The SMILES string of the molecule is CN[C@@H]1CCN(c2cnc(C(=O)Nc3cc4cn(C)nc4cc3OC)cn2)C1. The summed E-state index contributed by atoms with van der Waals surface area (Å²) in [6.07, 6.45) is 6.10. The Morgan fingerprint density at radius 2 is 2.14 bits per heavy atom. The largest absolute Gasteiger partial charge is 0.494 e. The molecule has 0 radical (unpaired) electrons. The molecule has 9 heteroatoms. The third-order valence-electron chi connectivity index (χ3n) is 4.98. The first kappa shape index (κ1) is 18.2. The Bertz CT molecular complexity index is 999. The number of likely N-dealkylation sites (N-methyl/N-ethyl adjacent to an activating group) is 1. The highest BCUT2D eigenvalue weighted by Gasteiger charge is 2.22. The minimum Gasteiger partial charge on any atom is -0.494 e. The Morgan fingerprint density at radius 1 is 1.29 bits per heavy atom. The molecule has 2 aromatic heterocycles. The molecule has 1 aliphatic rings. The van der Waals surface area contributed by atoms with Gasteiger partial charge in [-0.05, 0) is 19.5 Å². The molecule has 0 spiro atoms. The zero-order valence-corrected chi connectivity index (χ0v) is 16.1. The highest BCUT2D eigenvalue weighted by molar-refractivity contribution is 6.04. The van der Waals surface area contributed by atoms with Gasteiger partial charge in [0, 0.05) is 43.8 Å². The topological polar surface area (TPSA) is 97.2 Å². The number of carbonyl (C=O) groups is 1. The van der Waals surface area contributed by atoms with Gasteiger partial charge in [0.15, 0.2) is 0 Å². The van der Waals surface area contributed by atoms with Gasteiger partial charge in [0.2, 0.25) is 0 Å². The van der Waals surface area contributed by atoms with Crippen LogP contribution in [0.3, 0.4) is 0 Å². The van der Waals surface area contributed by atoms with E-state index in [1.807, 2.05) is 26.4 Å². The van der Waals surface area contributed by atoms with Crippen LogP contribution in [0.4, 0.5) is 11.5 Å². The summed E-state index contributed by atoms with van der Waals surface area (Å²) in [5, 5.41) is 11.4. The zero-order valence-electron chi connectivity index (χ0n) is 16.1. The second-order valence-corrected chi connectivity index (χ2v) is 6.85. The van der Waals surface area contributed by atoms with Gasteiger partial charge >= 0.3 is 0 Å². The normalized spacial score (nSPS) is 16.5. The molecule has 146 valence electrons. The zero-order chi connectivity index (χ0) is 19.7. The van der Waals surface area contributed by atoms with E-state index in [1.165, 1.54) is 6.20 Å². The summed E-state index contributed by atoms with van der Waals surface area (Å²) >= 11 is 0. The van der Waals surface area contributed by atoms with Crippen molar-refractivity contribution in [3.63, 3.8) is 0 Å². The van der Waals surface area contributed by atoms with Crippen LogP contribution in [0.25, 0.3) is 10.9 Å². The molecule has 4 rings (SSSR count). The summed E-state index contributed by atoms with van der Waals surface area (Å²) < 4.78 is 7.11. The van der Waals surface area contributed by atoms with E-state index < -0.39 is 0 Å². The highest BCUT2D eigenvalue weighted by Crippen LogP contribution is 2.30. The Labute approximate surface area is 162 Å². The average Bonchev–Trinajstić information content (AvgIpc) is 3.32. The van der Waals surface area contributed by atoms with Crippen LogP contribution < -0.4 is 20.3 Å². The smallest absolute Gasteiger partial charge is 0.275 e. The molecule has 2 N–H and O–H groups in total. The summed E-state index contributed by atoms with van der Waals surface area (Å²) in [5.41, 5.74) is 1.61. The Hall–Kier alpha value is -3.20. The van der Waals surface area contributed by atoms with Crippen molar-refractivity contribution >= 4 is 28.3 Å². The third-order valence-corrected chi connectivity index (χ3v) is 4.98. The summed E-state index contributed by atoms with van der Waals surface area (Å²) in [6, 6.07) is 4.09. The average molecular weight is 381 g/mol. The van der Waals surface area contributed by atoms with E-state index in [-0.39, 0.29) is 11.6 Å². The molecule has 1 atom stereocenters. The van der Waals surface area contributed by atoms with Crippen LogP contribution in [0.2, 0.25) is 0 Å². The van der Waals surface area contributed by atoms with E-state index in [4.69, 9.17) is 4.74 Å². The van der Waals surface area contributed by atoms with Crippen LogP contribution in [-0.4, -0.2) is 58.9 Å². The minimum absolute atomic E-state index is 0.251. The van der Waals surface area contributed by atoms with E-state index in [0.717, 1.165) is 36.2 Å². The lowest BCUT2D eigenvalue weighted by Crippen LogP contribution is -2.30. The van der Waals surface area contributed by atoms with Gasteiger partial charge in [-0.1, -0.05) is 0 Å². The number of nitrogens with zero attached hydrogens (tertiary/aromatic N) is 5. The molecule has 28 heavy (non-hydrogen) atoms. The van der Waals surface area contributed by atoms with E-state index in [9.17, 15) is 4.79 Å². The van der Waals surface area contributed by atoms with Gasteiger partial charge in [-0.3, -0.25) is 9.48 Å². The number of methoxy groups -OCH3 is 1. The first-order valence-corrected chi connectivity index (χ1v) is 9.14. The predicted molar refractivity (Wildman–Crippen MR) is 107 cm³/mol. The lowest BCUT2D eigenvalue weighted by Gasteiger charge is -2.17. The number of anilines is 2. The lowest BCUT2D eigenvalue weighted by atomic mass is 10.2. The van der Waals surface area contributed by atoms with Crippen molar-refractivity contribution < 1.29 is 9.53 Å². The molecule has 1 aliphatic heterocycles. The molecule has 1 fully saturated rings. The van der Waals surface area contributed by atoms with Gasteiger partial charge in [0.1, 0.15) is 17.3 Å². The number of ether oxygens (including phenoxy) is 1. The number of nitrogens with one attached hydrogen (secondary N) is 2. The number of carbonyl (C=O) groups excluding carboxylic acids is 1. The number of hydrogen-bond acceptors (Lipinski definition) is 7. The van der Waals surface area contributed by atoms with Gasteiger partial charge in [0.05, 0.1) is 30.7 Å². The molecule has 0 bridgehead atoms. The number of aryl methyl sites for hydroxylation is 1. The van der Waals surface area contributed by atoms with Gasteiger partial charge < -0.3 is 20.3 Å². The molecule has 1 amide bonds. The van der Waals surface area contributed by atoms with Gasteiger partial charge in [-0.2, -0.15) is 5.10 Å². The summed E-state index contributed by atoms with van der Waals surface area (Å²) in [6.45, 7) is 1.81. The fraction of sp³-hybridized carbons (Fsp3) is 0.368. The second kappa shape index (κ2) is 7.43. The molecule has 9 nitrogen and oxygen atoms in total. The van der Waals surface area contributed by atoms with Crippen molar-refractivity contribution in [2.24, 2.45) is 7.05 Å². The highest BCUT2D eigenvalue weighted by atomic mass is 16.5. The molecule has 3 aromatic rings. The first-order chi connectivity index (χ1) is 13.6. The Morgan fingerprint density at radius 3 is 2.82 bits per heavy atom. The van der Waals surface area contributed by atoms with Crippen LogP contribution in [0.5, 0.6) is 5.75 Å². The standard InChI is InChI=1S/C19H23N7O2/c1-20-13-4-5-26(11-13)18-9-21-16(8-22-18)19(27)23-15-6-12-10-25(2)24-14(12)7-17(15)28-3/h6-10,13,20H,4-5,11H2,1-3H3,(H,23,27)/t13-/m1/s1. The van der Waals surface area contributed by atoms with E-state index in [2.05, 4.69) is 30.6 Å². The third kappa shape index (κ3) is 3.48. The monoisotopic (exact) mass is 381 g/mol. The maximum absolute atomic E-state index is 12.6. The number of fused-ring (bicyclic) bond motifs is 1. The molecular formula is C19H23N7O2. The van der Waals surface area contributed by atoms with Crippen LogP contribution in [0, 0.1) is 0 Å². The summed E-state index contributed by atoms with van der Waals surface area (Å²) in [4.78, 5) is 23.5. The molecular weight excluding hydrogens is 358 g/mol. The fourth-order valence-electron chi connectivity index (χ4n) is 3.43. The van der Waals surface area contributed by atoms with Crippen molar-refractivity contribution in [3.8, 4) is 5.75 Å². The quantitative estimate of drug-likeness (QED) is 0.690. The minimum atomic E-state index is -0.338. The molecule has 0 saturated carbocycles. The number of amides is 1. The van der Waals surface area contributed by atoms with Crippen LogP contribution >= 0.6 is 0 Å². The van der Waals surface area contributed by atoms with Crippen LogP contribution in [0.1, 0.15) is 16.9 Å². The molecule has 3 heterocycles. The fourth-order valence-corrected chi connectivity index (χ4v) is 3.43.